The summed E-state index contributed by atoms with van der Waals surface area (Å²) in [6, 6.07) is 0. The molecule has 2 heterocycles. The first kappa shape index (κ1) is 7.19. The number of hydrogen-bond acceptors (Lipinski definition) is 3. The molecule has 0 unspecified atom stereocenters. The Morgan fingerprint density at radius 3 is 3.00 bits per heavy atom. The molecule has 47 valence electrons. The van der Waals surface area contributed by atoms with E-state index in [1.807, 2.05) is 0 Å². The largest absolute Gasteiger partial charge is 0.342 e. The van der Waals surface area contributed by atoms with E-state index in [1.54, 1.807) is 12.5 Å². The van der Waals surface area contributed by atoms with Gasteiger partial charge in [-0.05, 0) is 0 Å². The molecule has 0 aliphatic carbocycles. The lowest BCUT2D eigenvalue weighted by Gasteiger charge is -1.80. The van der Waals surface area contributed by atoms with Gasteiger partial charge < -0.3 is 4.98 Å². The van der Waals surface area contributed by atoms with Gasteiger partial charge in [-0.3, -0.25) is 0 Å². The summed E-state index contributed by atoms with van der Waals surface area (Å²) in [4.78, 5) is 14.5. The number of aromatic nitrogens is 4. The van der Waals surface area contributed by atoms with Gasteiger partial charge in [0, 0.05) is 17.4 Å². The van der Waals surface area contributed by atoms with Crippen LogP contribution < -0.4 is 0 Å². The number of rotatable bonds is 0. The van der Waals surface area contributed by atoms with Crippen LogP contribution >= 0.6 is 0 Å². The third-order valence-electron chi connectivity index (χ3n) is 1.10. The summed E-state index contributed by atoms with van der Waals surface area (Å²) in [6.07, 6.45) is 4.76. The number of hydrogen-bond donors (Lipinski definition) is 1. The predicted octanol–water partition coefficient (Wildman–Crippen LogP) is -0.0279. The lowest BCUT2D eigenvalue weighted by atomic mass is 10.6. The van der Waals surface area contributed by atoms with Crippen LogP contribution in [-0.2, 0) is 0 Å². The summed E-state index contributed by atoms with van der Waals surface area (Å²) in [5.74, 6) is 0. The quantitative estimate of drug-likeness (QED) is 0.532. The Balaban J connectivity index is 0.000000500. The highest BCUT2D eigenvalue weighted by atomic mass is 27.0. The van der Waals surface area contributed by atoms with E-state index in [0.717, 1.165) is 5.52 Å². The molecule has 2 aromatic rings. The van der Waals surface area contributed by atoms with Gasteiger partial charge in [0.1, 0.15) is 11.8 Å². The normalized spacial score (nSPS) is 9.20. The van der Waals surface area contributed by atoms with E-state index in [-0.39, 0.29) is 17.4 Å². The fourth-order valence-electron chi connectivity index (χ4n) is 0.691. The molecule has 0 fully saturated rings. The van der Waals surface area contributed by atoms with Crippen LogP contribution in [0.2, 0.25) is 0 Å². The van der Waals surface area contributed by atoms with E-state index in [9.17, 15) is 0 Å². The van der Waals surface area contributed by atoms with Crippen molar-refractivity contribution in [1.29, 1.82) is 0 Å². The van der Waals surface area contributed by atoms with Crippen LogP contribution in [0.4, 0.5) is 0 Å². The zero-order chi connectivity index (χ0) is 6.10. The fourth-order valence-corrected chi connectivity index (χ4v) is 0.691. The summed E-state index contributed by atoms with van der Waals surface area (Å²) in [7, 11) is 0. The molecule has 0 amide bonds. The zero-order valence-corrected chi connectivity index (χ0v) is 6.31. The highest BCUT2D eigenvalue weighted by Gasteiger charge is 1.91. The average Bonchev–Trinajstić information content (AvgIpc) is 2.33. The molecule has 0 atom stereocenters. The molecule has 0 saturated carbocycles. The van der Waals surface area contributed by atoms with Gasteiger partial charge in [0.2, 0.25) is 0 Å². The first-order valence-electron chi connectivity index (χ1n) is 2.56. The van der Waals surface area contributed by atoms with Crippen molar-refractivity contribution in [2.45, 2.75) is 0 Å². The predicted molar refractivity (Wildman–Crippen MR) is 37.4 cm³/mol. The summed E-state index contributed by atoms with van der Waals surface area (Å²) < 4.78 is 0. The summed E-state index contributed by atoms with van der Waals surface area (Å²) in [5, 5.41) is 0. The van der Waals surface area contributed by atoms with Crippen molar-refractivity contribution in [2.75, 3.05) is 0 Å². The van der Waals surface area contributed by atoms with Gasteiger partial charge in [0.15, 0.2) is 5.65 Å². The smallest absolute Gasteiger partial charge is 0.180 e. The van der Waals surface area contributed by atoms with E-state index in [1.165, 1.54) is 6.33 Å². The van der Waals surface area contributed by atoms with Gasteiger partial charge in [-0.15, -0.1) is 0 Å². The van der Waals surface area contributed by atoms with Crippen molar-refractivity contribution < 1.29 is 0 Å². The van der Waals surface area contributed by atoms with E-state index in [4.69, 9.17) is 0 Å². The number of fused-ring (bicyclic) bond motifs is 1. The van der Waals surface area contributed by atoms with Crippen molar-refractivity contribution in [3.05, 3.63) is 18.9 Å². The Morgan fingerprint density at radius 2 is 2.20 bits per heavy atom. The number of H-pyrrole nitrogens is 1. The second-order valence-electron chi connectivity index (χ2n) is 1.66. The van der Waals surface area contributed by atoms with Crippen LogP contribution in [0.5, 0.6) is 0 Å². The third-order valence-corrected chi connectivity index (χ3v) is 1.10. The van der Waals surface area contributed by atoms with E-state index >= 15 is 0 Å². The SMILES string of the molecule is [Al].c1ncc2[nH]cnc2n1. The second kappa shape index (κ2) is 2.78. The van der Waals surface area contributed by atoms with Crippen LogP contribution in [0, 0.1) is 0 Å². The summed E-state index contributed by atoms with van der Waals surface area (Å²) >= 11 is 0. The Hall–Kier alpha value is -0.918. The second-order valence-corrected chi connectivity index (χ2v) is 1.66. The van der Waals surface area contributed by atoms with E-state index < -0.39 is 0 Å². The van der Waals surface area contributed by atoms with Crippen LogP contribution in [0.1, 0.15) is 0 Å². The maximum Gasteiger partial charge on any atom is 0.180 e. The van der Waals surface area contributed by atoms with Crippen molar-refractivity contribution in [2.24, 2.45) is 0 Å². The first-order valence-corrected chi connectivity index (χ1v) is 2.56. The maximum atomic E-state index is 3.91. The van der Waals surface area contributed by atoms with Gasteiger partial charge >= 0.3 is 0 Å². The van der Waals surface area contributed by atoms with Crippen molar-refractivity contribution >= 4 is 28.5 Å². The van der Waals surface area contributed by atoms with E-state index in [2.05, 4.69) is 19.9 Å². The minimum atomic E-state index is 0. The summed E-state index contributed by atoms with van der Waals surface area (Å²) in [5.41, 5.74) is 1.59. The molecular formula is C5H4AlN4. The van der Waals surface area contributed by atoms with E-state index in [0.29, 0.717) is 5.65 Å². The van der Waals surface area contributed by atoms with Crippen molar-refractivity contribution in [3.8, 4) is 0 Å². The molecule has 1 N–H and O–H groups in total. The molecule has 3 radical (unpaired) electrons. The minimum Gasteiger partial charge on any atom is -0.342 e. The molecule has 2 rings (SSSR count). The Morgan fingerprint density at radius 1 is 1.30 bits per heavy atom. The Bertz CT molecular complexity index is 288. The van der Waals surface area contributed by atoms with Gasteiger partial charge in [0.05, 0.1) is 12.5 Å². The van der Waals surface area contributed by atoms with Crippen LogP contribution in [0.3, 0.4) is 0 Å². The lowest BCUT2D eigenvalue weighted by molar-refractivity contribution is 1.20. The monoisotopic (exact) mass is 147 g/mol. The number of aromatic amines is 1. The zero-order valence-electron chi connectivity index (χ0n) is 5.15. The van der Waals surface area contributed by atoms with Gasteiger partial charge in [-0.1, -0.05) is 0 Å². The van der Waals surface area contributed by atoms with Gasteiger partial charge in [-0.25, -0.2) is 15.0 Å². The lowest BCUT2D eigenvalue weighted by Crippen LogP contribution is -1.76. The molecule has 0 aliphatic heterocycles. The number of nitrogens with one attached hydrogen (secondary N) is 1. The first-order chi connectivity index (χ1) is 4.47. The third kappa shape index (κ3) is 1.01. The molecule has 0 spiro atoms. The highest BCUT2D eigenvalue weighted by Crippen LogP contribution is 1.99. The van der Waals surface area contributed by atoms with Crippen LogP contribution in [0.25, 0.3) is 11.2 Å². The van der Waals surface area contributed by atoms with Gasteiger partial charge in [0.25, 0.3) is 0 Å². The molecule has 2 aromatic heterocycles. The minimum absolute atomic E-state index is 0. The fraction of sp³-hybridized carbons (Fsp3) is 0. The molecule has 0 bridgehead atoms. The van der Waals surface area contributed by atoms with Crippen LogP contribution in [-0.4, -0.2) is 37.3 Å². The Kier molecular flexibility index (Phi) is 2.00. The highest BCUT2D eigenvalue weighted by molar-refractivity contribution is 5.75. The Labute approximate surface area is 67.9 Å². The number of imidazole rings is 1. The molecular weight excluding hydrogens is 143 g/mol. The standard InChI is InChI=1S/C5H4N4.Al/c1-4-5(8-2-6-1)9-3-7-4;/h1-3H,(H,6,7,8,9);. The van der Waals surface area contributed by atoms with Crippen LogP contribution in [0.15, 0.2) is 18.9 Å². The number of nitrogens with zero attached hydrogens (tertiary/aromatic N) is 3. The van der Waals surface area contributed by atoms with Crippen molar-refractivity contribution in [3.63, 3.8) is 0 Å². The molecule has 5 heteroatoms. The molecule has 0 saturated heterocycles. The van der Waals surface area contributed by atoms with Crippen molar-refractivity contribution in [1.82, 2.24) is 19.9 Å². The molecule has 0 aliphatic rings. The van der Waals surface area contributed by atoms with Gasteiger partial charge in [-0.2, -0.15) is 0 Å². The summed E-state index contributed by atoms with van der Waals surface area (Å²) in [6.45, 7) is 0. The maximum absolute atomic E-state index is 3.91. The topological polar surface area (TPSA) is 54.5 Å². The average molecular weight is 147 g/mol. The molecule has 10 heavy (non-hydrogen) atoms. The molecule has 4 nitrogen and oxygen atoms in total. The molecule has 0 aromatic carbocycles.